The van der Waals surface area contributed by atoms with Crippen molar-refractivity contribution >= 4 is 24.2 Å². The highest BCUT2D eigenvalue weighted by Crippen LogP contribution is 2.37. The summed E-state index contributed by atoms with van der Waals surface area (Å²) in [5, 5.41) is 3.02. The van der Waals surface area contributed by atoms with Crippen molar-refractivity contribution in [3.8, 4) is 0 Å². The number of aryl methyl sites for hydroxylation is 1. The van der Waals surface area contributed by atoms with Gasteiger partial charge in [0.1, 0.15) is 0 Å². The van der Waals surface area contributed by atoms with Gasteiger partial charge in [0.25, 0.3) is 5.91 Å². The van der Waals surface area contributed by atoms with Gasteiger partial charge in [-0.25, -0.2) is 0 Å². The molecule has 2 aromatic rings. The molecule has 0 atom stereocenters. The lowest BCUT2D eigenvalue weighted by Gasteiger charge is -2.32. The number of benzene rings is 2. The number of amides is 1. The molecule has 1 aliphatic rings. The van der Waals surface area contributed by atoms with Crippen LogP contribution in [0.15, 0.2) is 42.5 Å². The first kappa shape index (κ1) is 19.7. The molecule has 3 rings (SSSR count). The first-order valence-electron chi connectivity index (χ1n) is 9.50. The second-order valence-electron chi connectivity index (χ2n) is 8.11. The molecule has 142 valence electrons. The van der Waals surface area contributed by atoms with E-state index in [9.17, 15) is 4.79 Å². The molecule has 5 heteroatoms. The van der Waals surface area contributed by atoms with Crippen LogP contribution in [0.3, 0.4) is 0 Å². The molecule has 1 saturated heterocycles. The molecule has 0 saturated carbocycles. The first-order chi connectivity index (χ1) is 12.6. The Balaban J connectivity index is 1.82. The Hall–Kier alpha value is -2.11. The normalized spacial score (nSPS) is 17.8. The van der Waals surface area contributed by atoms with E-state index in [1.54, 1.807) is 0 Å². The summed E-state index contributed by atoms with van der Waals surface area (Å²) in [6, 6.07) is 13.5. The molecule has 0 radical (unpaired) electrons. The lowest BCUT2D eigenvalue weighted by molar-refractivity contribution is 0.00578. The SMILES string of the molecule is CCc1ccc(C(=O)Nc2cccc(B3OC(C)(C)C(C)(C)O3)c2C)cc1. The van der Waals surface area contributed by atoms with Gasteiger partial charge in [-0.1, -0.05) is 31.2 Å². The summed E-state index contributed by atoms with van der Waals surface area (Å²) in [4.78, 5) is 12.6. The molecule has 1 N–H and O–H groups in total. The molecule has 0 aromatic heterocycles. The van der Waals surface area contributed by atoms with Crippen LogP contribution in [0, 0.1) is 6.92 Å². The summed E-state index contributed by atoms with van der Waals surface area (Å²) in [5.74, 6) is -0.119. The fourth-order valence-electron chi connectivity index (χ4n) is 3.10. The van der Waals surface area contributed by atoms with Gasteiger partial charge in [0.2, 0.25) is 0 Å². The summed E-state index contributed by atoms with van der Waals surface area (Å²) in [5.41, 5.74) is 3.72. The minimum atomic E-state index is -0.448. The molecule has 2 aromatic carbocycles. The van der Waals surface area contributed by atoms with E-state index in [0.29, 0.717) is 5.56 Å². The summed E-state index contributed by atoms with van der Waals surface area (Å²) < 4.78 is 12.3. The van der Waals surface area contributed by atoms with E-state index in [2.05, 4.69) is 12.2 Å². The third-order valence-electron chi connectivity index (χ3n) is 5.76. The third kappa shape index (κ3) is 3.80. The maximum absolute atomic E-state index is 12.6. The number of rotatable bonds is 4. The molecule has 0 unspecified atom stereocenters. The van der Waals surface area contributed by atoms with Crippen molar-refractivity contribution < 1.29 is 14.1 Å². The number of carbonyl (C=O) groups excluding carboxylic acids is 1. The zero-order valence-electron chi connectivity index (χ0n) is 17.1. The molecule has 4 nitrogen and oxygen atoms in total. The van der Waals surface area contributed by atoms with Crippen LogP contribution in [-0.4, -0.2) is 24.2 Å². The number of nitrogens with one attached hydrogen (secondary N) is 1. The number of anilines is 1. The summed E-state index contributed by atoms with van der Waals surface area (Å²) >= 11 is 0. The number of hydrogen-bond acceptors (Lipinski definition) is 3. The van der Waals surface area contributed by atoms with Gasteiger partial charge in [0.15, 0.2) is 0 Å². The van der Waals surface area contributed by atoms with Crippen molar-refractivity contribution in [3.63, 3.8) is 0 Å². The van der Waals surface area contributed by atoms with E-state index in [1.807, 2.05) is 77.1 Å². The van der Waals surface area contributed by atoms with Gasteiger partial charge in [-0.3, -0.25) is 4.79 Å². The van der Waals surface area contributed by atoms with Crippen molar-refractivity contribution in [1.82, 2.24) is 0 Å². The van der Waals surface area contributed by atoms with Gasteiger partial charge in [-0.05, 0) is 75.8 Å². The standard InChI is InChI=1S/C22H28BNO3/c1-7-16-11-13-17(14-12-16)20(25)24-19-10-8-9-18(15(19)2)23-26-21(3,4)22(5,6)27-23/h8-14H,7H2,1-6H3,(H,24,25). The van der Waals surface area contributed by atoms with Crippen LogP contribution < -0.4 is 10.8 Å². The monoisotopic (exact) mass is 365 g/mol. The Kier molecular flexibility index (Phi) is 5.19. The lowest BCUT2D eigenvalue weighted by Crippen LogP contribution is -2.41. The Bertz CT molecular complexity index is 827. The Morgan fingerprint density at radius 2 is 1.59 bits per heavy atom. The van der Waals surface area contributed by atoms with Crippen LogP contribution in [0.5, 0.6) is 0 Å². The van der Waals surface area contributed by atoms with E-state index in [0.717, 1.165) is 23.1 Å². The molecule has 1 fully saturated rings. The lowest BCUT2D eigenvalue weighted by atomic mass is 9.76. The molecule has 1 aliphatic heterocycles. The highest BCUT2D eigenvalue weighted by atomic mass is 16.7. The topological polar surface area (TPSA) is 47.6 Å². The number of carbonyl (C=O) groups is 1. The van der Waals surface area contributed by atoms with Crippen LogP contribution >= 0.6 is 0 Å². The maximum Gasteiger partial charge on any atom is 0.495 e. The molecule has 1 amide bonds. The third-order valence-corrected chi connectivity index (χ3v) is 5.76. The number of hydrogen-bond donors (Lipinski definition) is 1. The second-order valence-corrected chi connectivity index (χ2v) is 8.11. The van der Waals surface area contributed by atoms with E-state index in [1.165, 1.54) is 5.56 Å². The maximum atomic E-state index is 12.6. The van der Waals surface area contributed by atoms with Crippen LogP contribution in [0.2, 0.25) is 0 Å². The quantitative estimate of drug-likeness (QED) is 0.830. The average Bonchev–Trinajstić information content (AvgIpc) is 2.84. The van der Waals surface area contributed by atoms with Crippen LogP contribution in [0.4, 0.5) is 5.69 Å². The smallest absolute Gasteiger partial charge is 0.399 e. The summed E-state index contributed by atoms with van der Waals surface area (Å²) in [7, 11) is -0.448. The Morgan fingerprint density at radius 1 is 1.00 bits per heavy atom. The van der Waals surface area contributed by atoms with Gasteiger partial charge in [-0.15, -0.1) is 0 Å². The Morgan fingerprint density at radius 3 is 2.15 bits per heavy atom. The van der Waals surface area contributed by atoms with Gasteiger partial charge in [-0.2, -0.15) is 0 Å². The summed E-state index contributed by atoms with van der Waals surface area (Å²) in [6.45, 7) is 12.2. The molecular formula is C22H28BNO3. The first-order valence-corrected chi connectivity index (χ1v) is 9.50. The molecule has 0 aliphatic carbocycles. The Labute approximate surface area is 162 Å². The molecule has 1 heterocycles. The van der Waals surface area contributed by atoms with Gasteiger partial charge in [0, 0.05) is 11.3 Å². The van der Waals surface area contributed by atoms with E-state index in [-0.39, 0.29) is 5.91 Å². The van der Waals surface area contributed by atoms with Gasteiger partial charge >= 0.3 is 7.12 Å². The van der Waals surface area contributed by atoms with Crippen LogP contribution in [-0.2, 0) is 15.7 Å². The zero-order chi connectivity index (χ0) is 19.8. The average molecular weight is 365 g/mol. The minimum absolute atomic E-state index is 0.119. The molecule has 27 heavy (non-hydrogen) atoms. The highest BCUT2D eigenvalue weighted by molar-refractivity contribution is 6.62. The predicted molar refractivity (Wildman–Crippen MR) is 111 cm³/mol. The predicted octanol–water partition coefficient (Wildman–Crippen LogP) is 4.11. The van der Waals surface area contributed by atoms with Gasteiger partial charge in [0.05, 0.1) is 11.2 Å². The fraction of sp³-hybridized carbons (Fsp3) is 0.409. The largest absolute Gasteiger partial charge is 0.495 e. The molecular weight excluding hydrogens is 337 g/mol. The van der Waals surface area contributed by atoms with Crippen molar-refractivity contribution in [2.75, 3.05) is 5.32 Å². The van der Waals surface area contributed by atoms with E-state index >= 15 is 0 Å². The zero-order valence-corrected chi connectivity index (χ0v) is 17.1. The van der Waals surface area contributed by atoms with Crippen molar-refractivity contribution in [3.05, 3.63) is 59.2 Å². The van der Waals surface area contributed by atoms with E-state index in [4.69, 9.17) is 9.31 Å². The fourth-order valence-corrected chi connectivity index (χ4v) is 3.10. The van der Waals surface area contributed by atoms with Crippen LogP contribution in [0.25, 0.3) is 0 Å². The van der Waals surface area contributed by atoms with Crippen molar-refractivity contribution in [2.24, 2.45) is 0 Å². The second kappa shape index (κ2) is 7.14. The van der Waals surface area contributed by atoms with Gasteiger partial charge < -0.3 is 14.6 Å². The van der Waals surface area contributed by atoms with E-state index < -0.39 is 18.3 Å². The molecule has 0 bridgehead atoms. The van der Waals surface area contributed by atoms with Crippen molar-refractivity contribution in [1.29, 1.82) is 0 Å². The van der Waals surface area contributed by atoms with Crippen LogP contribution in [0.1, 0.15) is 56.1 Å². The highest BCUT2D eigenvalue weighted by Gasteiger charge is 2.52. The molecule has 0 spiro atoms. The summed E-state index contributed by atoms with van der Waals surface area (Å²) in [6.07, 6.45) is 0.955. The minimum Gasteiger partial charge on any atom is -0.399 e. The van der Waals surface area contributed by atoms with Crippen molar-refractivity contribution in [2.45, 2.75) is 59.2 Å².